The highest BCUT2D eigenvalue weighted by atomic mass is 35.5. The standard InChI is InChI=1S/C35H38ClN3O7/c36-24-14-7-8-15-25(24)38-19-9-2-6-16-28(41)37-22-27(23-12-4-1-5-13-23)45-34(44)29-26-17-18-35(46-26)30(29)32(42)39(31(35)33(38)43)20-10-3-11-21-40/h1-2,4-5,7-9,12-15,17-18,26-27,29-31,40H,3,6,10-11,16,19-22H2,(H,37,41)/b9-2-/t26-,27-,29+,30+,31-,35+/m1/s1. The number of carbonyl (C=O) groups is 4. The molecule has 0 saturated carbocycles. The van der Waals surface area contributed by atoms with Crippen LogP contribution in [-0.2, 0) is 28.7 Å². The van der Waals surface area contributed by atoms with Gasteiger partial charge in [0.2, 0.25) is 11.8 Å². The van der Waals surface area contributed by atoms with Crippen LogP contribution in [0.3, 0.4) is 0 Å². The number of aliphatic hydroxyl groups excluding tert-OH is 1. The van der Waals surface area contributed by atoms with Crippen molar-refractivity contribution in [3.63, 3.8) is 0 Å². The Kier molecular flexibility index (Phi) is 9.58. The molecule has 46 heavy (non-hydrogen) atoms. The van der Waals surface area contributed by atoms with Crippen molar-refractivity contribution in [1.29, 1.82) is 0 Å². The van der Waals surface area contributed by atoms with Gasteiger partial charge in [-0.15, -0.1) is 0 Å². The summed E-state index contributed by atoms with van der Waals surface area (Å²) >= 11 is 6.61. The fraction of sp³-hybridized carbons (Fsp3) is 0.429. The molecule has 0 radical (unpaired) electrons. The smallest absolute Gasteiger partial charge is 0.313 e. The molecule has 11 heteroatoms. The zero-order valence-corrected chi connectivity index (χ0v) is 26.2. The van der Waals surface area contributed by atoms with Crippen molar-refractivity contribution in [2.75, 3.05) is 31.1 Å². The second kappa shape index (κ2) is 13.8. The van der Waals surface area contributed by atoms with Crippen molar-refractivity contribution < 1.29 is 33.8 Å². The summed E-state index contributed by atoms with van der Waals surface area (Å²) in [4.78, 5) is 59.1. The molecule has 2 aromatic rings. The van der Waals surface area contributed by atoms with Gasteiger partial charge in [0.25, 0.3) is 5.91 Å². The monoisotopic (exact) mass is 647 g/mol. The first-order valence-electron chi connectivity index (χ1n) is 15.9. The van der Waals surface area contributed by atoms with E-state index in [2.05, 4.69) is 5.32 Å². The van der Waals surface area contributed by atoms with E-state index in [1.807, 2.05) is 42.5 Å². The molecular weight excluding hydrogens is 610 g/mol. The second-order valence-corrected chi connectivity index (χ2v) is 12.5. The Morgan fingerprint density at radius 2 is 1.74 bits per heavy atom. The average Bonchev–Trinajstić information content (AvgIpc) is 3.70. The van der Waals surface area contributed by atoms with Crippen LogP contribution >= 0.6 is 11.6 Å². The number of benzene rings is 2. The van der Waals surface area contributed by atoms with Gasteiger partial charge in [-0.05, 0) is 43.4 Å². The van der Waals surface area contributed by atoms with Crippen molar-refractivity contribution in [2.24, 2.45) is 11.8 Å². The first kappa shape index (κ1) is 32.0. The van der Waals surface area contributed by atoms with Crippen LogP contribution in [0.2, 0.25) is 5.02 Å². The summed E-state index contributed by atoms with van der Waals surface area (Å²) in [6.45, 7) is 0.485. The number of esters is 1. The van der Waals surface area contributed by atoms with E-state index in [0.29, 0.717) is 42.0 Å². The minimum atomic E-state index is -1.38. The largest absolute Gasteiger partial charge is 0.455 e. The predicted octanol–water partition coefficient (Wildman–Crippen LogP) is 3.74. The Morgan fingerprint density at radius 1 is 0.957 bits per heavy atom. The Morgan fingerprint density at radius 3 is 2.52 bits per heavy atom. The number of para-hydroxylation sites is 1. The van der Waals surface area contributed by atoms with Gasteiger partial charge >= 0.3 is 5.97 Å². The number of hydrogen-bond donors (Lipinski definition) is 2. The van der Waals surface area contributed by atoms with Crippen molar-refractivity contribution in [1.82, 2.24) is 10.2 Å². The number of amides is 3. The summed E-state index contributed by atoms with van der Waals surface area (Å²) in [6, 6.07) is 15.1. The highest BCUT2D eigenvalue weighted by Gasteiger charge is 2.73. The quantitative estimate of drug-likeness (QED) is 0.267. The van der Waals surface area contributed by atoms with E-state index >= 15 is 0 Å². The number of likely N-dealkylation sites (tertiary alicyclic amines) is 1. The molecule has 2 fully saturated rings. The summed E-state index contributed by atoms with van der Waals surface area (Å²) in [5.74, 6) is -3.54. The number of carbonyl (C=O) groups excluding carboxylic acids is 4. The Balaban J connectivity index is 1.42. The van der Waals surface area contributed by atoms with E-state index in [4.69, 9.17) is 21.1 Å². The molecule has 2 aromatic carbocycles. The maximum atomic E-state index is 14.8. The second-order valence-electron chi connectivity index (χ2n) is 12.1. The van der Waals surface area contributed by atoms with Gasteiger partial charge in [0, 0.05) is 26.1 Å². The zero-order chi connectivity index (χ0) is 32.3. The molecule has 242 valence electrons. The average molecular weight is 648 g/mol. The topological polar surface area (TPSA) is 125 Å². The molecule has 0 aromatic heterocycles. The molecule has 4 aliphatic heterocycles. The van der Waals surface area contributed by atoms with Gasteiger partial charge in [-0.3, -0.25) is 19.2 Å². The molecule has 4 aliphatic rings. The van der Waals surface area contributed by atoms with Gasteiger partial charge in [-0.2, -0.15) is 0 Å². The number of halogens is 1. The lowest BCUT2D eigenvalue weighted by molar-refractivity contribution is -0.159. The fourth-order valence-electron chi connectivity index (χ4n) is 7.07. The number of rotatable bonds is 7. The highest BCUT2D eigenvalue weighted by Crippen LogP contribution is 2.56. The molecule has 6 rings (SSSR count). The van der Waals surface area contributed by atoms with Crippen LogP contribution in [0, 0.1) is 11.8 Å². The number of nitrogens with zero attached hydrogens (tertiary/aromatic N) is 2. The third-order valence-electron chi connectivity index (χ3n) is 9.25. The molecule has 6 atom stereocenters. The number of aliphatic hydroxyl groups is 1. The van der Waals surface area contributed by atoms with E-state index in [9.17, 15) is 24.3 Å². The number of anilines is 1. The van der Waals surface area contributed by atoms with Gasteiger partial charge in [-0.1, -0.05) is 78.4 Å². The van der Waals surface area contributed by atoms with Crippen LogP contribution in [0.15, 0.2) is 78.9 Å². The molecule has 1 spiro atoms. The lowest BCUT2D eigenvalue weighted by Gasteiger charge is -2.36. The molecule has 5 bridgehead atoms. The van der Waals surface area contributed by atoms with E-state index in [1.54, 1.807) is 41.3 Å². The van der Waals surface area contributed by atoms with Gasteiger partial charge in [-0.25, -0.2) is 0 Å². The first-order valence-corrected chi connectivity index (χ1v) is 16.2. The van der Waals surface area contributed by atoms with Crippen LogP contribution in [0.4, 0.5) is 5.69 Å². The Hall–Kier alpha value is -3.99. The number of nitrogens with one attached hydrogen (secondary N) is 1. The summed E-state index contributed by atoms with van der Waals surface area (Å²) < 4.78 is 12.6. The summed E-state index contributed by atoms with van der Waals surface area (Å²) in [6.07, 6.45) is 8.03. The third kappa shape index (κ3) is 5.97. The van der Waals surface area contributed by atoms with Crippen LogP contribution < -0.4 is 10.2 Å². The van der Waals surface area contributed by atoms with E-state index in [-0.39, 0.29) is 50.4 Å². The Bertz CT molecular complexity index is 1530. The Labute approximate surface area is 273 Å². The highest BCUT2D eigenvalue weighted by molar-refractivity contribution is 6.34. The van der Waals surface area contributed by atoms with Crippen molar-refractivity contribution in [3.05, 3.63) is 89.5 Å². The fourth-order valence-corrected chi connectivity index (χ4v) is 7.31. The lowest BCUT2D eigenvalue weighted by atomic mass is 9.74. The SMILES string of the molecule is O=C1CC/C=C\CN(c2ccccc2Cl)C(=O)[C@H]2N(CCCCCO)C(=O)[C@@H]3[C@@H](C(=O)O[C@@H](c4ccccc4)CN1)[C@H]1C=C[C@]32O1. The van der Waals surface area contributed by atoms with Crippen LogP contribution in [0.5, 0.6) is 0 Å². The maximum absolute atomic E-state index is 14.8. The molecule has 4 heterocycles. The van der Waals surface area contributed by atoms with Gasteiger partial charge < -0.3 is 29.7 Å². The zero-order valence-electron chi connectivity index (χ0n) is 25.4. The lowest BCUT2D eigenvalue weighted by Crippen LogP contribution is -2.56. The van der Waals surface area contributed by atoms with Crippen LogP contribution in [0.1, 0.15) is 43.8 Å². The van der Waals surface area contributed by atoms with Gasteiger partial charge in [0.1, 0.15) is 23.7 Å². The minimum Gasteiger partial charge on any atom is -0.455 e. The number of unbranched alkanes of at least 4 members (excludes halogenated alkanes) is 2. The maximum Gasteiger partial charge on any atom is 0.313 e. The molecule has 0 unspecified atom stereocenters. The van der Waals surface area contributed by atoms with Gasteiger partial charge in [0.15, 0.2) is 0 Å². The molecule has 10 nitrogen and oxygen atoms in total. The number of hydrogen-bond acceptors (Lipinski definition) is 7. The number of ether oxygens (including phenoxy) is 2. The number of fused-ring (bicyclic) bond motifs is 2. The van der Waals surface area contributed by atoms with E-state index < -0.39 is 41.7 Å². The molecule has 3 amide bonds. The molecular formula is C35H38ClN3O7. The molecule has 2 N–H and O–H groups in total. The van der Waals surface area contributed by atoms with Crippen molar-refractivity contribution in [2.45, 2.75) is 56.0 Å². The van der Waals surface area contributed by atoms with Crippen LogP contribution in [0.25, 0.3) is 0 Å². The summed E-state index contributed by atoms with van der Waals surface area (Å²) in [5.41, 5.74) is -0.206. The van der Waals surface area contributed by atoms with Crippen molar-refractivity contribution >= 4 is 41.0 Å². The normalized spacial score (nSPS) is 30.3. The first-order chi connectivity index (χ1) is 22.4. The third-order valence-corrected chi connectivity index (χ3v) is 9.57. The summed E-state index contributed by atoms with van der Waals surface area (Å²) in [7, 11) is 0. The number of cyclic esters (lactones) is 1. The minimum absolute atomic E-state index is 0.0277. The van der Waals surface area contributed by atoms with E-state index in [1.165, 1.54) is 4.90 Å². The van der Waals surface area contributed by atoms with E-state index in [0.717, 1.165) is 0 Å². The number of allylic oxidation sites excluding steroid dienone is 1. The summed E-state index contributed by atoms with van der Waals surface area (Å²) in [5, 5.41) is 12.6. The van der Waals surface area contributed by atoms with Gasteiger partial charge in [0.05, 0.1) is 29.3 Å². The van der Waals surface area contributed by atoms with Crippen molar-refractivity contribution in [3.8, 4) is 0 Å². The van der Waals surface area contributed by atoms with Crippen LogP contribution in [-0.4, -0.2) is 77.7 Å². The molecule has 2 saturated heterocycles. The molecule has 0 aliphatic carbocycles. The predicted molar refractivity (Wildman–Crippen MR) is 171 cm³/mol.